The van der Waals surface area contributed by atoms with Crippen molar-refractivity contribution in [2.45, 2.75) is 64.7 Å². The van der Waals surface area contributed by atoms with Crippen LogP contribution in [0, 0.1) is 12.3 Å². The van der Waals surface area contributed by atoms with E-state index in [1.165, 1.54) is 25.7 Å². The van der Waals surface area contributed by atoms with Crippen molar-refractivity contribution < 1.29 is 4.52 Å². The molecule has 0 aromatic carbocycles. The Morgan fingerprint density at radius 3 is 2.71 bits per heavy atom. The minimum Gasteiger partial charge on any atom is -0.363 e. The molecule has 0 bridgehead atoms. The zero-order valence-corrected chi connectivity index (χ0v) is 11.3. The molecule has 0 aliphatic rings. The predicted molar refractivity (Wildman–Crippen MR) is 70.8 cm³/mol. The van der Waals surface area contributed by atoms with Crippen molar-refractivity contribution in [1.29, 1.82) is 0 Å². The first-order chi connectivity index (χ1) is 8.18. The molecular weight excluding hydrogens is 210 g/mol. The van der Waals surface area contributed by atoms with E-state index in [4.69, 9.17) is 10.9 Å². The molecule has 1 aromatic heterocycles. The van der Waals surface area contributed by atoms with E-state index in [2.05, 4.69) is 31.8 Å². The van der Waals surface area contributed by atoms with E-state index < -0.39 is 0 Å². The van der Waals surface area contributed by atoms with Gasteiger partial charge in [-0.05, 0) is 24.2 Å². The highest BCUT2D eigenvalue weighted by Gasteiger charge is 2.28. The summed E-state index contributed by atoms with van der Waals surface area (Å²) in [6.45, 7) is 6.69. The number of aromatic nitrogens is 1. The molecule has 1 unspecified atom stereocenters. The Bertz CT molecular complexity index is 375. The quantitative estimate of drug-likeness (QED) is 0.518. The highest BCUT2D eigenvalue weighted by atomic mass is 16.5. The molecule has 0 aliphatic heterocycles. The topological polar surface area (TPSA) is 26.0 Å². The van der Waals surface area contributed by atoms with E-state index in [9.17, 15) is 0 Å². The lowest BCUT2D eigenvalue weighted by molar-refractivity contribution is 0.384. The number of terminal acetylenes is 1. The Morgan fingerprint density at radius 1 is 1.35 bits per heavy atom. The fraction of sp³-hybridized carbons (Fsp3) is 0.667. The molecule has 2 heteroatoms. The lowest BCUT2D eigenvalue weighted by Gasteiger charge is -2.27. The highest BCUT2D eigenvalue weighted by molar-refractivity contribution is 5.36. The van der Waals surface area contributed by atoms with Crippen LogP contribution in [-0.2, 0) is 5.41 Å². The zero-order valence-electron chi connectivity index (χ0n) is 11.3. The van der Waals surface area contributed by atoms with E-state index in [0.29, 0.717) is 5.69 Å². The normalized spacial score (nSPS) is 14.2. The lowest BCUT2D eigenvalue weighted by atomic mass is 9.76. The SMILES string of the molecule is C#Cc1nocc1C(C)(CC)CCCCCC. The first-order valence-electron chi connectivity index (χ1n) is 6.59. The first-order valence-corrected chi connectivity index (χ1v) is 6.59. The summed E-state index contributed by atoms with van der Waals surface area (Å²) in [6.07, 6.45) is 14.5. The van der Waals surface area contributed by atoms with Gasteiger partial charge in [-0.15, -0.1) is 6.42 Å². The van der Waals surface area contributed by atoms with Gasteiger partial charge in [0.2, 0.25) is 0 Å². The molecule has 0 saturated carbocycles. The van der Waals surface area contributed by atoms with Crippen molar-refractivity contribution in [2.75, 3.05) is 0 Å². The number of rotatable bonds is 7. The molecular formula is C15H23NO. The van der Waals surface area contributed by atoms with Crippen LogP contribution >= 0.6 is 0 Å². The van der Waals surface area contributed by atoms with Gasteiger partial charge >= 0.3 is 0 Å². The maximum Gasteiger partial charge on any atom is 0.159 e. The van der Waals surface area contributed by atoms with Gasteiger partial charge in [0.1, 0.15) is 6.26 Å². The number of hydrogen-bond acceptors (Lipinski definition) is 2. The number of unbranched alkanes of at least 4 members (excludes halogenated alkanes) is 3. The predicted octanol–water partition coefficient (Wildman–Crippen LogP) is 4.29. The van der Waals surface area contributed by atoms with Crippen molar-refractivity contribution in [3.05, 3.63) is 17.5 Å². The molecule has 0 aliphatic carbocycles. The van der Waals surface area contributed by atoms with Crippen molar-refractivity contribution in [3.8, 4) is 12.3 Å². The van der Waals surface area contributed by atoms with Gasteiger partial charge < -0.3 is 4.52 Å². The summed E-state index contributed by atoms with van der Waals surface area (Å²) in [7, 11) is 0. The fourth-order valence-corrected chi connectivity index (χ4v) is 2.21. The van der Waals surface area contributed by atoms with E-state index in [-0.39, 0.29) is 5.41 Å². The van der Waals surface area contributed by atoms with E-state index in [1.807, 2.05) is 0 Å². The van der Waals surface area contributed by atoms with Gasteiger partial charge in [-0.1, -0.05) is 51.6 Å². The van der Waals surface area contributed by atoms with Crippen LogP contribution in [0.1, 0.15) is 70.6 Å². The molecule has 17 heavy (non-hydrogen) atoms. The highest BCUT2D eigenvalue weighted by Crippen LogP contribution is 2.34. The number of nitrogens with zero attached hydrogens (tertiary/aromatic N) is 1. The Hall–Kier alpha value is -1.23. The minimum absolute atomic E-state index is 0.107. The summed E-state index contributed by atoms with van der Waals surface area (Å²) < 4.78 is 5.02. The average Bonchev–Trinajstić information content (AvgIpc) is 2.83. The second-order valence-electron chi connectivity index (χ2n) is 4.95. The van der Waals surface area contributed by atoms with Crippen molar-refractivity contribution in [1.82, 2.24) is 5.16 Å². The molecule has 1 aromatic rings. The van der Waals surface area contributed by atoms with Crippen LogP contribution < -0.4 is 0 Å². The standard InChI is InChI=1S/C15H23NO/c1-5-8-9-10-11-15(4,7-3)13-12-17-16-14(13)6-2/h2,12H,5,7-11H2,1,3-4H3. The molecule has 1 atom stereocenters. The van der Waals surface area contributed by atoms with Crippen LogP contribution in [0.25, 0.3) is 0 Å². The smallest absolute Gasteiger partial charge is 0.159 e. The van der Waals surface area contributed by atoms with Crippen LogP contribution in [0.2, 0.25) is 0 Å². The maximum absolute atomic E-state index is 5.45. The third-order valence-electron chi connectivity index (χ3n) is 3.72. The average molecular weight is 233 g/mol. The lowest BCUT2D eigenvalue weighted by Crippen LogP contribution is -2.21. The molecule has 94 valence electrons. The Labute approximate surface area is 105 Å². The fourth-order valence-electron chi connectivity index (χ4n) is 2.21. The minimum atomic E-state index is 0.107. The summed E-state index contributed by atoms with van der Waals surface area (Å²) in [5.74, 6) is 2.61. The molecule has 0 amide bonds. The van der Waals surface area contributed by atoms with E-state index in [0.717, 1.165) is 18.4 Å². The molecule has 0 saturated heterocycles. The largest absolute Gasteiger partial charge is 0.363 e. The second-order valence-corrected chi connectivity index (χ2v) is 4.95. The molecule has 0 radical (unpaired) electrons. The van der Waals surface area contributed by atoms with Crippen molar-refractivity contribution in [2.24, 2.45) is 0 Å². The van der Waals surface area contributed by atoms with Gasteiger partial charge in [0.05, 0.1) is 0 Å². The van der Waals surface area contributed by atoms with Gasteiger partial charge in [0, 0.05) is 5.56 Å². The molecule has 0 spiro atoms. The van der Waals surface area contributed by atoms with Crippen LogP contribution in [0.15, 0.2) is 10.8 Å². The van der Waals surface area contributed by atoms with Gasteiger partial charge in [0.25, 0.3) is 0 Å². The molecule has 2 nitrogen and oxygen atoms in total. The van der Waals surface area contributed by atoms with E-state index in [1.54, 1.807) is 6.26 Å². The molecule has 0 fully saturated rings. The monoisotopic (exact) mass is 233 g/mol. The van der Waals surface area contributed by atoms with E-state index >= 15 is 0 Å². The Morgan fingerprint density at radius 2 is 2.12 bits per heavy atom. The Kier molecular flexibility index (Phi) is 5.28. The third-order valence-corrected chi connectivity index (χ3v) is 3.72. The summed E-state index contributed by atoms with van der Waals surface area (Å²) in [6, 6.07) is 0. The van der Waals surface area contributed by atoms with Gasteiger partial charge in [0.15, 0.2) is 5.69 Å². The summed E-state index contributed by atoms with van der Waals surface area (Å²) >= 11 is 0. The molecule has 1 rings (SSSR count). The summed E-state index contributed by atoms with van der Waals surface area (Å²) in [5, 5.41) is 3.88. The van der Waals surface area contributed by atoms with Gasteiger partial charge in [-0.3, -0.25) is 0 Å². The van der Waals surface area contributed by atoms with Crippen molar-refractivity contribution in [3.63, 3.8) is 0 Å². The summed E-state index contributed by atoms with van der Waals surface area (Å²) in [4.78, 5) is 0. The molecule has 0 N–H and O–H groups in total. The molecule has 1 heterocycles. The van der Waals surface area contributed by atoms with Crippen LogP contribution in [0.4, 0.5) is 0 Å². The Balaban J connectivity index is 2.71. The van der Waals surface area contributed by atoms with Gasteiger partial charge in [-0.25, -0.2) is 0 Å². The summed E-state index contributed by atoms with van der Waals surface area (Å²) in [5.41, 5.74) is 1.87. The van der Waals surface area contributed by atoms with Crippen LogP contribution in [-0.4, -0.2) is 5.16 Å². The third kappa shape index (κ3) is 3.36. The van der Waals surface area contributed by atoms with Gasteiger partial charge in [-0.2, -0.15) is 0 Å². The van der Waals surface area contributed by atoms with Crippen molar-refractivity contribution >= 4 is 0 Å². The van der Waals surface area contributed by atoms with Crippen LogP contribution in [0.5, 0.6) is 0 Å². The number of hydrogen-bond donors (Lipinski definition) is 0. The van der Waals surface area contributed by atoms with Crippen LogP contribution in [0.3, 0.4) is 0 Å². The first kappa shape index (κ1) is 13.8. The second kappa shape index (κ2) is 6.49. The zero-order chi connectivity index (χ0) is 12.7. The maximum atomic E-state index is 5.45.